The molecule has 2 aliphatic heterocycles. The summed E-state index contributed by atoms with van der Waals surface area (Å²) in [6.45, 7) is -0.934. The Balaban J connectivity index is 1.36. The molecule has 2 heterocycles. The topological polar surface area (TPSA) is 180 Å². The van der Waals surface area contributed by atoms with Crippen LogP contribution in [-0.4, -0.2) is 114 Å². The van der Waals surface area contributed by atoms with Gasteiger partial charge in [0.15, 0.2) is 0 Å². The van der Waals surface area contributed by atoms with Gasteiger partial charge in [-0.15, -0.1) is 0 Å². The number of aliphatic hydroxyl groups excluding tert-OH is 8. The maximum atomic E-state index is 10.3. The third kappa shape index (κ3) is 6.77. The highest BCUT2D eigenvalue weighted by Crippen LogP contribution is 2.40. The molecule has 0 aromatic heterocycles. The molecule has 0 amide bonds. The summed E-state index contributed by atoms with van der Waals surface area (Å²) in [5.41, 5.74) is 0.491. The van der Waals surface area contributed by atoms with E-state index in [4.69, 9.17) is 9.47 Å². The van der Waals surface area contributed by atoms with E-state index in [1.165, 1.54) is 43.2 Å². The minimum Gasteiger partial charge on any atom is -0.394 e. The minimum atomic E-state index is -1.41. The van der Waals surface area contributed by atoms with Crippen molar-refractivity contribution in [3.05, 3.63) is 47.5 Å². The second-order valence-electron chi connectivity index (χ2n) is 9.04. The highest BCUT2D eigenvalue weighted by Gasteiger charge is 2.44. The first-order chi connectivity index (χ1) is 18.3. The molecular formula is C24H32O10S4. The van der Waals surface area contributed by atoms with Crippen LogP contribution in [0.3, 0.4) is 0 Å². The lowest BCUT2D eigenvalue weighted by molar-refractivity contribution is -0.205. The van der Waals surface area contributed by atoms with Crippen molar-refractivity contribution in [1.29, 1.82) is 0 Å². The van der Waals surface area contributed by atoms with Crippen LogP contribution in [-0.2, 0) is 21.0 Å². The molecule has 0 bridgehead atoms. The molecule has 8 N–H and O–H groups in total. The zero-order valence-electron chi connectivity index (χ0n) is 20.1. The molecule has 0 spiro atoms. The highest BCUT2D eigenvalue weighted by molar-refractivity contribution is 8.76. The number of fused-ring (bicyclic) bond motifs is 1. The van der Waals surface area contributed by atoms with Crippen LogP contribution in [0.2, 0.25) is 0 Å². The number of ether oxygens (including phenoxy) is 2. The summed E-state index contributed by atoms with van der Waals surface area (Å²) in [7, 11) is 5.33. The van der Waals surface area contributed by atoms with E-state index in [1.807, 2.05) is 36.4 Å². The Morgan fingerprint density at radius 1 is 0.553 bits per heavy atom. The Kier molecular flexibility index (Phi) is 11.3. The van der Waals surface area contributed by atoms with Crippen LogP contribution in [0, 0.1) is 0 Å². The first-order valence-corrected chi connectivity index (χ1v) is 16.7. The van der Waals surface area contributed by atoms with Gasteiger partial charge in [-0.1, -0.05) is 79.6 Å². The van der Waals surface area contributed by atoms with E-state index in [2.05, 4.69) is 0 Å². The van der Waals surface area contributed by atoms with Gasteiger partial charge in [-0.05, 0) is 21.9 Å². The average molecular weight is 609 g/mol. The summed E-state index contributed by atoms with van der Waals surface area (Å²) in [6.07, 6.45) is -10.0. The van der Waals surface area contributed by atoms with Gasteiger partial charge in [-0.2, -0.15) is 0 Å². The lowest BCUT2D eigenvalue weighted by Crippen LogP contribution is -2.57. The van der Waals surface area contributed by atoms with Crippen LogP contribution < -0.4 is 0 Å². The lowest BCUT2D eigenvalue weighted by atomic mass is 10.0. The molecule has 14 heteroatoms. The number of hydrogen-bond acceptors (Lipinski definition) is 14. The number of aliphatic hydroxyl groups is 8. The van der Waals surface area contributed by atoms with Crippen LogP contribution in [0.25, 0.3) is 10.8 Å². The third-order valence-electron chi connectivity index (χ3n) is 6.55. The molecule has 2 fully saturated rings. The predicted octanol–water partition coefficient (Wildman–Crippen LogP) is 0.202. The van der Waals surface area contributed by atoms with E-state index in [-0.39, 0.29) is 0 Å². The van der Waals surface area contributed by atoms with Gasteiger partial charge in [0.25, 0.3) is 0 Å². The molecule has 212 valence electrons. The molecule has 10 atom stereocenters. The molecule has 10 nitrogen and oxygen atoms in total. The molecular weight excluding hydrogens is 577 g/mol. The van der Waals surface area contributed by atoms with E-state index in [9.17, 15) is 40.9 Å². The average Bonchev–Trinajstić information content (AvgIpc) is 2.93. The van der Waals surface area contributed by atoms with Crippen LogP contribution in [0.5, 0.6) is 0 Å². The first-order valence-electron chi connectivity index (χ1n) is 11.9. The number of hydrogen-bond donors (Lipinski definition) is 8. The zero-order valence-corrected chi connectivity index (χ0v) is 23.4. The van der Waals surface area contributed by atoms with Crippen molar-refractivity contribution in [2.75, 3.05) is 13.2 Å². The fourth-order valence-electron chi connectivity index (χ4n) is 4.31. The van der Waals surface area contributed by atoms with Gasteiger partial charge < -0.3 is 50.3 Å². The molecule has 0 unspecified atom stereocenters. The molecule has 2 aromatic carbocycles. The smallest absolute Gasteiger partial charge is 0.142 e. The van der Waals surface area contributed by atoms with E-state index < -0.39 is 72.9 Å². The summed E-state index contributed by atoms with van der Waals surface area (Å²) in [4.78, 5) is 0. The fourth-order valence-corrected chi connectivity index (χ4v) is 9.33. The summed E-state index contributed by atoms with van der Waals surface area (Å²) in [5.74, 6) is 1.15. The first kappa shape index (κ1) is 30.7. The van der Waals surface area contributed by atoms with Gasteiger partial charge in [-0.3, -0.25) is 0 Å². The fraction of sp³-hybridized carbons (Fsp3) is 0.583. The van der Waals surface area contributed by atoms with Gasteiger partial charge >= 0.3 is 0 Å². The largest absolute Gasteiger partial charge is 0.394 e. The SMILES string of the molecule is OC[C@H]1O[C@@H](SSCc2cccc3c(CSS[C@@H]4O[C@H](CO)[C@H](O)[C@H](O)[C@H]4O)cccc23)[C@H](O)[C@@H](O)[C@H]1O. The van der Waals surface area contributed by atoms with Crippen molar-refractivity contribution in [2.45, 2.75) is 71.2 Å². The maximum absolute atomic E-state index is 10.3. The van der Waals surface area contributed by atoms with Gasteiger partial charge in [0, 0.05) is 11.5 Å². The lowest BCUT2D eigenvalue weighted by Gasteiger charge is -2.39. The van der Waals surface area contributed by atoms with Gasteiger partial charge in [0.2, 0.25) is 0 Å². The molecule has 38 heavy (non-hydrogen) atoms. The van der Waals surface area contributed by atoms with Crippen molar-refractivity contribution in [3.63, 3.8) is 0 Å². The molecule has 4 rings (SSSR count). The van der Waals surface area contributed by atoms with Crippen molar-refractivity contribution in [2.24, 2.45) is 0 Å². The third-order valence-corrected chi connectivity index (χ3v) is 11.5. The molecule has 2 aromatic rings. The predicted molar refractivity (Wildman–Crippen MR) is 149 cm³/mol. The summed E-state index contributed by atoms with van der Waals surface area (Å²) >= 11 is 0. The monoisotopic (exact) mass is 608 g/mol. The normalized spacial score (nSPS) is 36.0. The Morgan fingerprint density at radius 2 is 0.947 bits per heavy atom. The second kappa shape index (κ2) is 14.0. The van der Waals surface area contributed by atoms with Crippen LogP contribution >= 0.6 is 43.2 Å². The standard InChI is InChI=1S/C24H32O10S4/c25-7-15-17(27)19(29)21(31)23(33-15)37-35-9-11-3-1-5-13-12(4-2-6-14(11)13)10-36-38-24-22(32)20(30)18(28)16(8-26)34-24/h1-6,15-32H,7-10H2/t15-,16-,17+,18+,19+,20+,21-,22-,23+,24+/m1/s1. The van der Waals surface area contributed by atoms with E-state index in [1.54, 1.807) is 0 Å². The summed E-state index contributed by atoms with van der Waals surface area (Å²) in [5, 5.41) is 81.3. The van der Waals surface area contributed by atoms with Crippen LogP contribution in [0.1, 0.15) is 11.1 Å². The van der Waals surface area contributed by atoms with E-state index >= 15 is 0 Å². The molecule has 0 radical (unpaired) electrons. The van der Waals surface area contributed by atoms with Gasteiger partial charge in [-0.25, -0.2) is 0 Å². The maximum Gasteiger partial charge on any atom is 0.142 e. The van der Waals surface area contributed by atoms with Gasteiger partial charge in [0.1, 0.15) is 59.7 Å². The van der Waals surface area contributed by atoms with Crippen LogP contribution in [0.15, 0.2) is 36.4 Å². The number of benzene rings is 2. The zero-order chi connectivity index (χ0) is 27.4. The number of rotatable bonds is 10. The van der Waals surface area contributed by atoms with E-state index in [0.717, 1.165) is 21.9 Å². The summed E-state index contributed by atoms with van der Waals surface area (Å²) < 4.78 is 11.1. The Morgan fingerprint density at radius 3 is 1.32 bits per heavy atom. The van der Waals surface area contributed by atoms with Crippen molar-refractivity contribution < 1.29 is 50.3 Å². The molecule has 2 saturated heterocycles. The van der Waals surface area contributed by atoms with E-state index in [0.29, 0.717) is 11.5 Å². The second-order valence-corrected chi connectivity index (χ2v) is 14.0. The minimum absolute atomic E-state index is 0.467. The quantitative estimate of drug-likeness (QED) is 0.171. The Labute approximate surface area is 235 Å². The molecule has 0 saturated carbocycles. The molecule has 2 aliphatic rings. The van der Waals surface area contributed by atoms with Crippen molar-refractivity contribution >= 4 is 53.9 Å². The molecule has 0 aliphatic carbocycles. The Bertz CT molecular complexity index is 965. The van der Waals surface area contributed by atoms with Crippen molar-refractivity contribution in [3.8, 4) is 0 Å². The van der Waals surface area contributed by atoms with Crippen molar-refractivity contribution in [1.82, 2.24) is 0 Å². The van der Waals surface area contributed by atoms with Gasteiger partial charge in [0.05, 0.1) is 13.2 Å². The Hall–Kier alpha value is -0.300. The highest BCUT2D eigenvalue weighted by atomic mass is 33.1. The van der Waals surface area contributed by atoms with Crippen LogP contribution in [0.4, 0.5) is 0 Å². The summed E-state index contributed by atoms with van der Waals surface area (Å²) in [6, 6.07) is 11.9.